The summed E-state index contributed by atoms with van der Waals surface area (Å²) in [7, 11) is -2.26. The maximum atomic E-state index is 12.7. The molecule has 128 valence electrons. The van der Waals surface area contributed by atoms with Crippen molar-refractivity contribution in [1.82, 2.24) is 4.57 Å². The number of carboxylic acid groups (broad SMARTS) is 1. The van der Waals surface area contributed by atoms with Crippen molar-refractivity contribution in [2.24, 2.45) is 0 Å². The predicted molar refractivity (Wildman–Crippen MR) is 92.4 cm³/mol. The zero-order valence-corrected chi connectivity index (χ0v) is 16.1. The molecule has 1 fully saturated rings. The Labute approximate surface area is 136 Å². The van der Waals surface area contributed by atoms with E-state index < -0.39 is 20.2 Å². The van der Waals surface area contributed by atoms with Gasteiger partial charge >= 0.3 is 5.97 Å². The number of rotatable bonds is 8. The van der Waals surface area contributed by atoms with Gasteiger partial charge in [-0.25, -0.2) is 0 Å². The van der Waals surface area contributed by atoms with Crippen molar-refractivity contribution in [3.8, 4) is 0 Å². The van der Waals surface area contributed by atoms with Crippen LogP contribution in [0.4, 0.5) is 0 Å². The molecule has 4 atom stereocenters. The average Bonchev–Trinajstić information content (AvgIpc) is 2.89. The molecule has 0 aromatic heterocycles. The lowest BCUT2D eigenvalue weighted by molar-refractivity contribution is -0.143. The van der Waals surface area contributed by atoms with E-state index in [9.17, 15) is 14.7 Å². The van der Waals surface area contributed by atoms with E-state index in [-0.39, 0.29) is 5.91 Å². The maximum Gasteiger partial charge on any atom is 0.325 e. The van der Waals surface area contributed by atoms with Crippen LogP contribution in [-0.2, 0) is 9.59 Å². The van der Waals surface area contributed by atoms with E-state index in [1.807, 2.05) is 4.57 Å². The molecule has 1 aliphatic rings. The highest BCUT2D eigenvalue weighted by Gasteiger charge is 2.57. The van der Waals surface area contributed by atoms with Gasteiger partial charge in [0.25, 0.3) is 0 Å². The van der Waals surface area contributed by atoms with Gasteiger partial charge in [0.2, 0.25) is 5.91 Å². The number of aliphatic carboxylic acids is 1. The lowest BCUT2D eigenvalue weighted by atomic mass is 10.2. The fourth-order valence-electron chi connectivity index (χ4n) is 4.55. The second-order valence-corrected chi connectivity index (χ2v) is 12.2. The normalized spacial score (nSPS) is 25.6. The van der Waals surface area contributed by atoms with Gasteiger partial charge in [0, 0.05) is 6.42 Å². The molecule has 0 aliphatic carbocycles. The van der Waals surface area contributed by atoms with E-state index >= 15 is 0 Å². The minimum atomic E-state index is -2.26. The van der Waals surface area contributed by atoms with Crippen molar-refractivity contribution in [3.63, 3.8) is 0 Å². The molecule has 3 unspecified atom stereocenters. The molecule has 1 saturated heterocycles. The fraction of sp³-hybridized carbons (Fsp3) is 0.882. The molecule has 0 aromatic carbocycles. The van der Waals surface area contributed by atoms with Gasteiger partial charge in [0.1, 0.15) is 6.04 Å². The van der Waals surface area contributed by atoms with Crippen LogP contribution in [0.5, 0.6) is 0 Å². The van der Waals surface area contributed by atoms with Crippen LogP contribution in [0.1, 0.15) is 73.6 Å². The number of nitrogens with zero attached hydrogens (tertiary/aromatic N) is 1. The number of hydrogen-bond acceptors (Lipinski definition) is 2. The Bertz CT molecular complexity index is 386. The van der Waals surface area contributed by atoms with Crippen LogP contribution in [0.25, 0.3) is 0 Å². The van der Waals surface area contributed by atoms with Gasteiger partial charge in [-0.05, 0) is 23.0 Å². The SMILES string of the molecule is CCC(C)[Si](C(C)CC)(C(C)CC)N1C(=O)CC[C@H]1C(=O)O. The Morgan fingerprint density at radius 3 is 1.86 bits per heavy atom. The summed E-state index contributed by atoms with van der Waals surface area (Å²) in [4.78, 5) is 24.5. The van der Waals surface area contributed by atoms with Crippen molar-refractivity contribution in [1.29, 1.82) is 0 Å². The minimum absolute atomic E-state index is 0.0833. The number of carboxylic acids is 1. The monoisotopic (exact) mass is 327 g/mol. The summed E-state index contributed by atoms with van der Waals surface area (Å²) in [5.74, 6) is -0.738. The first-order valence-electron chi connectivity index (χ1n) is 8.83. The number of carbonyl (C=O) groups is 2. The smallest absolute Gasteiger partial charge is 0.325 e. The standard InChI is InChI=1S/C17H33NO3Si/c1-7-12(4)22(13(5)8-2,14(6)9-3)18-15(17(20)21)10-11-16(18)19/h12-15H,7-11H2,1-6H3,(H,20,21)/t12?,13?,14?,15-,22?/m0/s1. The molecule has 4 nitrogen and oxygen atoms in total. The van der Waals surface area contributed by atoms with Gasteiger partial charge < -0.3 is 9.67 Å². The van der Waals surface area contributed by atoms with Crippen LogP contribution in [0, 0.1) is 0 Å². The Balaban J connectivity index is 3.51. The Morgan fingerprint density at radius 1 is 1.14 bits per heavy atom. The van der Waals surface area contributed by atoms with Gasteiger partial charge in [-0.2, -0.15) is 0 Å². The third-order valence-corrected chi connectivity index (χ3v) is 13.5. The van der Waals surface area contributed by atoms with Crippen molar-refractivity contribution >= 4 is 20.1 Å². The van der Waals surface area contributed by atoms with Crippen LogP contribution < -0.4 is 0 Å². The van der Waals surface area contributed by atoms with Crippen molar-refractivity contribution in [2.75, 3.05) is 0 Å². The van der Waals surface area contributed by atoms with Crippen LogP contribution >= 0.6 is 0 Å². The molecule has 1 N–H and O–H groups in total. The number of amides is 1. The molecule has 1 rings (SSSR count). The predicted octanol–water partition coefficient (Wildman–Crippen LogP) is 4.41. The highest BCUT2D eigenvalue weighted by atomic mass is 28.3. The molecule has 0 radical (unpaired) electrons. The van der Waals surface area contributed by atoms with Gasteiger partial charge in [-0.3, -0.25) is 9.59 Å². The second kappa shape index (κ2) is 7.62. The topological polar surface area (TPSA) is 57.6 Å². The molecule has 1 amide bonds. The van der Waals surface area contributed by atoms with Crippen LogP contribution in [0.3, 0.4) is 0 Å². The summed E-state index contributed by atoms with van der Waals surface area (Å²) in [6, 6.07) is -0.601. The fourth-order valence-corrected chi connectivity index (χ4v) is 12.2. The number of hydrogen-bond donors (Lipinski definition) is 1. The summed E-state index contributed by atoms with van der Waals surface area (Å²) >= 11 is 0. The van der Waals surface area contributed by atoms with Crippen molar-refractivity contribution < 1.29 is 14.7 Å². The zero-order chi connectivity index (χ0) is 17.1. The summed E-state index contributed by atoms with van der Waals surface area (Å²) in [6.07, 6.45) is 3.91. The van der Waals surface area contributed by atoms with E-state index in [2.05, 4.69) is 41.5 Å². The Kier molecular flexibility index (Phi) is 6.65. The third-order valence-electron chi connectivity index (χ3n) is 6.12. The summed E-state index contributed by atoms with van der Waals surface area (Å²) in [5.41, 5.74) is 1.25. The number of carbonyl (C=O) groups excluding carboxylic acids is 1. The van der Waals surface area contributed by atoms with Gasteiger partial charge in [0.15, 0.2) is 8.24 Å². The maximum absolute atomic E-state index is 12.7. The average molecular weight is 328 g/mol. The minimum Gasteiger partial charge on any atom is -0.480 e. The molecular formula is C17H33NO3Si. The molecule has 1 heterocycles. The first kappa shape index (κ1) is 19.2. The van der Waals surface area contributed by atoms with E-state index in [4.69, 9.17) is 0 Å². The lowest BCUT2D eigenvalue weighted by Gasteiger charge is -2.53. The van der Waals surface area contributed by atoms with E-state index in [0.29, 0.717) is 29.5 Å². The zero-order valence-electron chi connectivity index (χ0n) is 15.1. The third kappa shape index (κ3) is 2.96. The van der Waals surface area contributed by atoms with Crippen LogP contribution in [-0.4, -0.2) is 35.8 Å². The highest BCUT2D eigenvalue weighted by molar-refractivity contribution is 6.83. The quantitative estimate of drug-likeness (QED) is 0.672. The molecule has 5 heteroatoms. The van der Waals surface area contributed by atoms with E-state index in [1.54, 1.807) is 0 Å². The van der Waals surface area contributed by atoms with Gasteiger partial charge in [0.05, 0.1) is 0 Å². The first-order chi connectivity index (χ1) is 10.3. The largest absolute Gasteiger partial charge is 0.480 e. The summed E-state index contributed by atoms with van der Waals surface area (Å²) in [6.45, 7) is 13.3. The van der Waals surface area contributed by atoms with E-state index in [1.165, 1.54) is 0 Å². The molecule has 0 aromatic rings. The first-order valence-corrected chi connectivity index (χ1v) is 11.0. The molecule has 0 spiro atoms. The Hall–Kier alpha value is -0.843. The van der Waals surface area contributed by atoms with Crippen LogP contribution in [0.15, 0.2) is 0 Å². The summed E-state index contributed by atoms with van der Waals surface area (Å²) in [5, 5.41) is 9.66. The molecular weight excluding hydrogens is 294 g/mol. The molecule has 0 saturated carbocycles. The second-order valence-electron chi connectivity index (χ2n) is 6.97. The van der Waals surface area contributed by atoms with Crippen molar-refractivity contribution in [2.45, 2.75) is 96.3 Å². The lowest BCUT2D eigenvalue weighted by Crippen LogP contribution is -2.65. The molecule has 22 heavy (non-hydrogen) atoms. The van der Waals surface area contributed by atoms with Crippen LogP contribution in [0.2, 0.25) is 16.6 Å². The molecule has 1 aliphatic heterocycles. The van der Waals surface area contributed by atoms with Gasteiger partial charge in [-0.1, -0.05) is 60.8 Å². The Morgan fingerprint density at radius 2 is 1.55 bits per heavy atom. The summed E-state index contributed by atoms with van der Waals surface area (Å²) < 4.78 is 1.92. The van der Waals surface area contributed by atoms with Crippen molar-refractivity contribution in [3.05, 3.63) is 0 Å². The van der Waals surface area contributed by atoms with E-state index in [0.717, 1.165) is 19.3 Å². The van der Waals surface area contributed by atoms with Gasteiger partial charge in [-0.15, -0.1) is 0 Å². The molecule has 0 bridgehead atoms. The highest BCUT2D eigenvalue weighted by Crippen LogP contribution is 2.50.